The SMILES string of the molecule is Cc1cccc(F)c1NCC(O)c1cccc(F)c1. The summed E-state index contributed by atoms with van der Waals surface area (Å²) in [6.45, 7) is 1.89. The molecule has 0 aromatic heterocycles. The lowest BCUT2D eigenvalue weighted by Gasteiger charge is -2.15. The van der Waals surface area contributed by atoms with Crippen molar-refractivity contribution in [2.45, 2.75) is 13.0 Å². The van der Waals surface area contributed by atoms with E-state index in [9.17, 15) is 13.9 Å². The second-order valence-electron chi connectivity index (χ2n) is 4.38. The number of hydrogen-bond acceptors (Lipinski definition) is 2. The minimum absolute atomic E-state index is 0.116. The lowest BCUT2D eigenvalue weighted by atomic mass is 10.1. The maximum absolute atomic E-state index is 13.6. The molecule has 0 aliphatic heterocycles. The van der Waals surface area contributed by atoms with Gasteiger partial charge in [-0.25, -0.2) is 8.78 Å². The van der Waals surface area contributed by atoms with E-state index in [0.29, 0.717) is 11.3 Å². The van der Waals surface area contributed by atoms with Gasteiger partial charge in [0.2, 0.25) is 0 Å². The third-order valence-corrected chi connectivity index (χ3v) is 2.93. The fourth-order valence-electron chi connectivity index (χ4n) is 1.89. The summed E-state index contributed by atoms with van der Waals surface area (Å²) in [5.41, 5.74) is 1.57. The molecule has 2 aromatic rings. The van der Waals surface area contributed by atoms with Crippen LogP contribution in [0, 0.1) is 18.6 Å². The van der Waals surface area contributed by atoms with Crippen LogP contribution >= 0.6 is 0 Å². The van der Waals surface area contributed by atoms with Crippen LogP contribution in [0.15, 0.2) is 42.5 Å². The highest BCUT2D eigenvalue weighted by Crippen LogP contribution is 2.21. The zero-order chi connectivity index (χ0) is 13.8. The Bertz CT molecular complexity index is 552. The zero-order valence-corrected chi connectivity index (χ0v) is 10.5. The second-order valence-corrected chi connectivity index (χ2v) is 4.38. The summed E-state index contributed by atoms with van der Waals surface area (Å²) in [7, 11) is 0. The van der Waals surface area contributed by atoms with E-state index in [1.54, 1.807) is 25.1 Å². The number of benzene rings is 2. The van der Waals surface area contributed by atoms with Crippen LogP contribution in [0.5, 0.6) is 0 Å². The van der Waals surface area contributed by atoms with E-state index >= 15 is 0 Å². The number of halogens is 2. The first kappa shape index (κ1) is 13.5. The van der Waals surface area contributed by atoms with Crippen LogP contribution in [0.4, 0.5) is 14.5 Å². The number of hydrogen-bond donors (Lipinski definition) is 2. The van der Waals surface area contributed by atoms with Gasteiger partial charge in [-0.2, -0.15) is 0 Å². The van der Waals surface area contributed by atoms with Gasteiger partial charge in [0.1, 0.15) is 11.6 Å². The van der Waals surface area contributed by atoms with Crippen LogP contribution < -0.4 is 5.32 Å². The number of aryl methyl sites for hydroxylation is 1. The van der Waals surface area contributed by atoms with Crippen LogP contribution in [0.1, 0.15) is 17.2 Å². The van der Waals surface area contributed by atoms with Gasteiger partial charge in [0.15, 0.2) is 0 Å². The summed E-state index contributed by atoms with van der Waals surface area (Å²) in [4.78, 5) is 0. The Morgan fingerprint density at radius 3 is 2.58 bits per heavy atom. The Kier molecular flexibility index (Phi) is 4.12. The quantitative estimate of drug-likeness (QED) is 0.886. The van der Waals surface area contributed by atoms with E-state index in [2.05, 4.69) is 5.32 Å². The Hall–Kier alpha value is -1.94. The highest BCUT2D eigenvalue weighted by atomic mass is 19.1. The molecule has 0 bridgehead atoms. The number of nitrogens with one attached hydrogen (secondary N) is 1. The molecule has 4 heteroatoms. The maximum Gasteiger partial charge on any atom is 0.146 e. The lowest BCUT2D eigenvalue weighted by molar-refractivity contribution is 0.191. The Morgan fingerprint density at radius 2 is 1.89 bits per heavy atom. The molecule has 1 unspecified atom stereocenters. The van der Waals surface area contributed by atoms with Gasteiger partial charge >= 0.3 is 0 Å². The Balaban J connectivity index is 2.06. The minimum atomic E-state index is -0.894. The molecule has 1 atom stereocenters. The molecule has 0 aliphatic rings. The normalized spacial score (nSPS) is 12.2. The van der Waals surface area contributed by atoms with Crippen molar-refractivity contribution in [1.29, 1.82) is 0 Å². The van der Waals surface area contributed by atoms with Crippen LogP contribution in [0.3, 0.4) is 0 Å². The number of aliphatic hydroxyl groups is 1. The molecule has 2 rings (SSSR count). The van der Waals surface area contributed by atoms with Gasteiger partial charge in [0.25, 0.3) is 0 Å². The summed E-state index contributed by atoms with van der Waals surface area (Å²) >= 11 is 0. The monoisotopic (exact) mass is 263 g/mol. The van der Waals surface area contributed by atoms with Gasteiger partial charge in [-0.1, -0.05) is 24.3 Å². The predicted molar refractivity (Wildman–Crippen MR) is 71.0 cm³/mol. The summed E-state index contributed by atoms with van der Waals surface area (Å²) in [5, 5.41) is 12.8. The molecule has 0 aliphatic carbocycles. The largest absolute Gasteiger partial charge is 0.387 e. The first-order valence-electron chi connectivity index (χ1n) is 6.00. The maximum atomic E-state index is 13.6. The van der Waals surface area contributed by atoms with Crippen molar-refractivity contribution in [2.75, 3.05) is 11.9 Å². The average Bonchev–Trinajstić information content (AvgIpc) is 2.38. The van der Waals surface area contributed by atoms with E-state index in [1.165, 1.54) is 24.3 Å². The number of aliphatic hydroxyl groups excluding tert-OH is 1. The average molecular weight is 263 g/mol. The highest BCUT2D eigenvalue weighted by molar-refractivity contribution is 5.51. The first-order chi connectivity index (χ1) is 9.08. The molecule has 0 saturated heterocycles. The van der Waals surface area contributed by atoms with Crippen LogP contribution in [-0.4, -0.2) is 11.7 Å². The summed E-state index contributed by atoms with van der Waals surface area (Å²) in [6, 6.07) is 10.5. The fourth-order valence-corrected chi connectivity index (χ4v) is 1.89. The molecule has 0 heterocycles. The second kappa shape index (κ2) is 5.80. The van der Waals surface area contributed by atoms with Crippen molar-refractivity contribution < 1.29 is 13.9 Å². The number of rotatable bonds is 4. The Labute approximate surface area is 110 Å². The van der Waals surface area contributed by atoms with E-state index < -0.39 is 11.9 Å². The fraction of sp³-hybridized carbons (Fsp3) is 0.200. The molecule has 0 radical (unpaired) electrons. The molecule has 0 spiro atoms. The third kappa shape index (κ3) is 3.29. The Morgan fingerprint density at radius 1 is 1.16 bits per heavy atom. The van der Waals surface area contributed by atoms with Crippen LogP contribution in [0.25, 0.3) is 0 Å². The lowest BCUT2D eigenvalue weighted by Crippen LogP contribution is -2.13. The van der Waals surface area contributed by atoms with Crippen molar-refractivity contribution in [3.8, 4) is 0 Å². The third-order valence-electron chi connectivity index (χ3n) is 2.93. The molecule has 0 saturated carbocycles. The molecule has 19 heavy (non-hydrogen) atoms. The van der Waals surface area contributed by atoms with Crippen molar-refractivity contribution in [3.63, 3.8) is 0 Å². The van der Waals surface area contributed by atoms with E-state index in [-0.39, 0.29) is 12.4 Å². The zero-order valence-electron chi connectivity index (χ0n) is 10.5. The topological polar surface area (TPSA) is 32.3 Å². The number of anilines is 1. The van der Waals surface area contributed by atoms with Gasteiger partial charge in [0.05, 0.1) is 11.8 Å². The molecule has 2 nitrogen and oxygen atoms in total. The van der Waals surface area contributed by atoms with Gasteiger partial charge < -0.3 is 10.4 Å². The highest BCUT2D eigenvalue weighted by Gasteiger charge is 2.10. The van der Waals surface area contributed by atoms with Crippen molar-refractivity contribution in [3.05, 3.63) is 65.2 Å². The van der Waals surface area contributed by atoms with Gasteiger partial charge in [-0.15, -0.1) is 0 Å². The van der Waals surface area contributed by atoms with Gasteiger partial charge in [-0.05, 0) is 36.2 Å². The summed E-state index contributed by atoms with van der Waals surface area (Å²) < 4.78 is 26.6. The molecule has 100 valence electrons. The predicted octanol–water partition coefficient (Wildman–Crippen LogP) is 3.42. The van der Waals surface area contributed by atoms with E-state index in [1.807, 2.05) is 0 Å². The molecule has 0 amide bonds. The smallest absolute Gasteiger partial charge is 0.146 e. The van der Waals surface area contributed by atoms with Crippen molar-refractivity contribution in [2.24, 2.45) is 0 Å². The van der Waals surface area contributed by atoms with Gasteiger partial charge in [0, 0.05) is 6.54 Å². The molecule has 0 fully saturated rings. The van der Waals surface area contributed by atoms with Crippen molar-refractivity contribution in [1.82, 2.24) is 0 Å². The first-order valence-corrected chi connectivity index (χ1v) is 6.00. The number of para-hydroxylation sites is 1. The van der Waals surface area contributed by atoms with Crippen LogP contribution in [0.2, 0.25) is 0 Å². The summed E-state index contributed by atoms with van der Waals surface area (Å²) in [6.07, 6.45) is -0.894. The van der Waals surface area contributed by atoms with Gasteiger partial charge in [-0.3, -0.25) is 0 Å². The van der Waals surface area contributed by atoms with Crippen LogP contribution in [-0.2, 0) is 0 Å². The minimum Gasteiger partial charge on any atom is -0.387 e. The molecule has 2 N–H and O–H groups in total. The molecular weight excluding hydrogens is 248 g/mol. The van der Waals surface area contributed by atoms with Crippen molar-refractivity contribution >= 4 is 5.69 Å². The molecule has 2 aromatic carbocycles. The summed E-state index contributed by atoms with van der Waals surface area (Å²) in [5.74, 6) is -0.773. The standard InChI is InChI=1S/C15H15F2NO/c1-10-4-2-7-13(17)15(10)18-9-14(19)11-5-3-6-12(16)8-11/h2-8,14,18-19H,9H2,1H3. The van der Waals surface area contributed by atoms with E-state index in [4.69, 9.17) is 0 Å². The molecular formula is C15H15F2NO. The van der Waals surface area contributed by atoms with E-state index in [0.717, 1.165) is 5.56 Å².